The van der Waals surface area contributed by atoms with Crippen LogP contribution in [0.2, 0.25) is 0 Å². The second-order valence-corrected chi connectivity index (χ2v) is 8.40. The summed E-state index contributed by atoms with van der Waals surface area (Å²) in [4.78, 5) is 15.9. The van der Waals surface area contributed by atoms with Crippen LogP contribution in [0.25, 0.3) is 21.9 Å². The van der Waals surface area contributed by atoms with Gasteiger partial charge in [-0.3, -0.25) is 10.1 Å². The van der Waals surface area contributed by atoms with Gasteiger partial charge in [-0.2, -0.15) is 0 Å². The molecule has 0 N–H and O–H groups in total. The summed E-state index contributed by atoms with van der Waals surface area (Å²) in [6, 6.07) is 28.4. The third-order valence-corrected chi connectivity index (χ3v) is 6.46. The highest BCUT2D eigenvalue weighted by atomic mass is 16.6. The molecule has 0 amide bonds. The molecule has 5 aromatic rings. The van der Waals surface area contributed by atoms with E-state index in [1.54, 1.807) is 18.3 Å². The van der Waals surface area contributed by atoms with Gasteiger partial charge in [0.2, 0.25) is 5.88 Å². The number of nitro groups is 1. The van der Waals surface area contributed by atoms with Gasteiger partial charge >= 0.3 is 0 Å². The minimum atomic E-state index is -0.380. The molecule has 2 aliphatic heterocycles. The van der Waals surface area contributed by atoms with Crippen LogP contribution in [0.15, 0.2) is 97.2 Å². The second kappa shape index (κ2) is 7.27. The van der Waals surface area contributed by atoms with Gasteiger partial charge in [-0.15, -0.1) is 0 Å². The molecule has 166 valence electrons. The molecular formula is C29H16N2O4. The molecule has 6 heteroatoms. The first kappa shape index (κ1) is 19.5. The van der Waals surface area contributed by atoms with Gasteiger partial charge in [0, 0.05) is 51.7 Å². The average Bonchev–Trinajstić information content (AvgIpc) is 2.90. The van der Waals surface area contributed by atoms with Crippen LogP contribution in [-0.4, -0.2) is 9.91 Å². The average molecular weight is 456 g/mol. The van der Waals surface area contributed by atoms with Crippen LogP contribution < -0.4 is 9.47 Å². The molecular weight excluding hydrogens is 440 g/mol. The summed E-state index contributed by atoms with van der Waals surface area (Å²) < 4.78 is 12.5. The molecule has 0 aliphatic carbocycles. The number of rotatable bonds is 1. The zero-order chi connectivity index (χ0) is 23.5. The lowest BCUT2D eigenvalue weighted by atomic mass is 9.81. The maximum absolute atomic E-state index is 11.7. The van der Waals surface area contributed by atoms with Crippen LogP contribution in [0, 0.1) is 10.1 Å². The molecule has 0 unspecified atom stereocenters. The lowest BCUT2D eigenvalue weighted by Crippen LogP contribution is -2.10. The highest BCUT2D eigenvalue weighted by Crippen LogP contribution is 2.54. The fourth-order valence-electron chi connectivity index (χ4n) is 4.97. The van der Waals surface area contributed by atoms with Crippen molar-refractivity contribution in [3.05, 3.63) is 130 Å². The Morgan fingerprint density at radius 2 is 1.46 bits per heavy atom. The number of benzene rings is 4. The van der Waals surface area contributed by atoms with E-state index < -0.39 is 0 Å². The molecule has 6 nitrogen and oxygen atoms in total. The van der Waals surface area contributed by atoms with Crippen molar-refractivity contribution in [3.63, 3.8) is 0 Å². The normalized spacial score (nSPS) is 15.2. The van der Waals surface area contributed by atoms with Gasteiger partial charge in [0.15, 0.2) is 0 Å². The number of pyridine rings is 1. The van der Waals surface area contributed by atoms with Crippen molar-refractivity contribution in [2.45, 2.75) is 0 Å². The monoisotopic (exact) mass is 456 g/mol. The molecule has 0 saturated carbocycles. The van der Waals surface area contributed by atoms with Gasteiger partial charge in [-0.1, -0.05) is 48.5 Å². The van der Waals surface area contributed by atoms with Crippen LogP contribution in [0.1, 0.15) is 22.3 Å². The SMILES string of the molecule is O=[N+]([O-])c1ccc2c(c1)/C(=C1/c3ccccc3Oc3ncccc31)c1c(ccc3ccccc13)O2. The largest absolute Gasteiger partial charge is 0.456 e. The number of aromatic nitrogens is 1. The Labute approximate surface area is 199 Å². The van der Waals surface area contributed by atoms with Crippen molar-refractivity contribution in [1.82, 2.24) is 4.98 Å². The standard InChI is InChI=1S/C29H16N2O4/c32-31(33)18-12-14-24-22(16-18)28(27-19-7-2-1-6-17(19)11-13-25(27)34-24)26-20-8-3-4-10-23(20)35-29-21(26)9-5-15-30-29/h1-16H/b28-26+. The quantitative estimate of drug-likeness (QED) is 0.191. The van der Waals surface area contributed by atoms with Gasteiger partial charge in [0.1, 0.15) is 17.2 Å². The Kier molecular flexibility index (Phi) is 4.05. The molecule has 0 saturated heterocycles. The van der Waals surface area contributed by atoms with Gasteiger partial charge in [0.25, 0.3) is 5.69 Å². The van der Waals surface area contributed by atoms with Crippen LogP contribution >= 0.6 is 0 Å². The Hall–Kier alpha value is -4.97. The fraction of sp³-hybridized carbons (Fsp3) is 0. The van der Waals surface area contributed by atoms with Crippen molar-refractivity contribution in [3.8, 4) is 23.1 Å². The molecule has 0 spiro atoms. The van der Waals surface area contributed by atoms with E-state index in [0.717, 1.165) is 38.6 Å². The fourth-order valence-corrected chi connectivity index (χ4v) is 4.97. The number of hydrogen-bond acceptors (Lipinski definition) is 5. The molecule has 3 heterocycles. The van der Waals surface area contributed by atoms with Crippen LogP contribution in [0.5, 0.6) is 23.1 Å². The Balaban J connectivity index is 1.70. The number of para-hydroxylation sites is 1. The van der Waals surface area contributed by atoms with Crippen molar-refractivity contribution >= 4 is 27.6 Å². The summed E-state index contributed by atoms with van der Waals surface area (Å²) in [6.45, 7) is 0. The Morgan fingerprint density at radius 3 is 2.37 bits per heavy atom. The molecule has 0 atom stereocenters. The first-order valence-corrected chi connectivity index (χ1v) is 11.1. The molecule has 35 heavy (non-hydrogen) atoms. The Morgan fingerprint density at radius 1 is 0.686 bits per heavy atom. The van der Waals surface area contributed by atoms with E-state index >= 15 is 0 Å². The first-order valence-electron chi connectivity index (χ1n) is 11.1. The summed E-state index contributed by atoms with van der Waals surface area (Å²) in [5.74, 6) is 2.44. The van der Waals surface area contributed by atoms with Crippen LogP contribution in [-0.2, 0) is 0 Å². The van der Waals surface area contributed by atoms with Crippen molar-refractivity contribution in [2.75, 3.05) is 0 Å². The summed E-state index contributed by atoms with van der Waals surface area (Å²) in [7, 11) is 0. The van der Waals surface area contributed by atoms with E-state index in [0.29, 0.717) is 28.7 Å². The number of nitro benzene ring substituents is 1. The van der Waals surface area contributed by atoms with E-state index in [2.05, 4.69) is 11.1 Å². The predicted octanol–water partition coefficient (Wildman–Crippen LogP) is 7.36. The molecule has 1 aromatic heterocycles. The highest BCUT2D eigenvalue weighted by Gasteiger charge is 2.33. The second-order valence-electron chi connectivity index (χ2n) is 8.40. The maximum Gasteiger partial charge on any atom is 0.270 e. The zero-order valence-electron chi connectivity index (χ0n) is 18.3. The predicted molar refractivity (Wildman–Crippen MR) is 133 cm³/mol. The summed E-state index contributed by atoms with van der Waals surface area (Å²) in [5.41, 5.74) is 5.01. The lowest BCUT2D eigenvalue weighted by Gasteiger charge is -2.30. The van der Waals surface area contributed by atoms with Crippen molar-refractivity contribution in [1.29, 1.82) is 0 Å². The van der Waals surface area contributed by atoms with E-state index in [1.807, 2.05) is 66.7 Å². The van der Waals surface area contributed by atoms with Crippen LogP contribution in [0.3, 0.4) is 0 Å². The number of ether oxygens (including phenoxy) is 2. The number of fused-ring (bicyclic) bond motifs is 6. The molecule has 0 radical (unpaired) electrons. The third-order valence-electron chi connectivity index (χ3n) is 6.46. The minimum Gasteiger partial charge on any atom is -0.456 e. The topological polar surface area (TPSA) is 74.5 Å². The third kappa shape index (κ3) is 2.87. The van der Waals surface area contributed by atoms with Gasteiger partial charge in [0.05, 0.1) is 4.92 Å². The molecule has 4 aromatic carbocycles. The summed E-state index contributed by atoms with van der Waals surface area (Å²) in [6.07, 6.45) is 1.70. The maximum atomic E-state index is 11.7. The van der Waals surface area contributed by atoms with E-state index in [-0.39, 0.29) is 10.6 Å². The van der Waals surface area contributed by atoms with Gasteiger partial charge < -0.3 is 9.47 Å². The molecule has 0 fully saturated rings. The number of non-ortho nitro benzene ring substituents is 1. The lowest BCUT2D eigenvalue weighted by molar-refractivity contribution is -0.384. The Bertz CT molecular complexity index is 1690. The van der Waals surface area contributed by atoms with Crippen molar-refractivity contribution in [2.24, 2.45) is 0 Å². The number of nitrogens with zero attached hydrogens (tertiary/aromatic N) is 2. The molecule has 7 rings (SSSR count). The van der Waals surface area contributed by atoms with E-state index in [9.17, 15) is 10.1 Å². The van der Waals surface area contributed by atoms with E-state index in [4.69, 9.17) is 9.47 Å². The first-order chi connectivity index (χ1) is 17.2. The van der Waals surface area contributed by atoms with Crippen molar-refractivity contribution < 1.29 is 14.4 Å². The summed E-state index contributed by atoms with van der Waals surface area (Å²) >= 11 is 0. The highest BCUT2D eigenvalue weighted by molar-refractivity contribution is 6.14. The van der Waals surface area contributed by atoms with E-state index in [1.165, 1.54) is 6.07 Å². The number of hydrogen-bond donors (Lipinski definition) is 0. The van der Waals surface area contributed by atoms with Gasteiger partial charge in [-0.05, 0) is 41.1 Å². The molecule has 2 aliphatic rings. The minimum absolute atomic E-state index is 0.000825. The van der Waals surface area contributed by atoms with Crippen LogP contribution in [0.4, 0.5) is 5.69 Å². The molecule has 0 bridgehead atoms. The zero-order valence-corrected chi connectivity index (χ0v) is 18.3. The van der Waals surface area contributed by atoms with Gasteiger partial charge in [-0.25, -0.2) is 4.98 Å². The summed E-state index contributed by atoms with van der Waals surface area (Å²) in [5, 5.41) is 13.8. The smallest absolute Gasteiger partial charge is 0.270 e.